The molecule has 0 saturated carbocycles. The van der Waals surface area contributed by atoms with E-state index in [4.69, 9.17) is 9.63 Å². The number of carboxylic acid groups (broad SMARTS) is 1. The van der Waals surface area contributed by atoms with Gasteiger partial charge >= 0.3 is 5.97 Å². The van der Waals surface area contributed by atoms with Crippen LogP contribution in [-0.4, -0.2) is 63.7 Å². The fraction of sp³-hybridized carbons (Fsp3) is 0.786. The van der Waals surface area contributed by atoms with Gasteiger partial charge in [0.25, 0.3) is 0 Å². The average molecular weight is 294 g/mol. The standard InChI is InChI=1S/C14H22N4O3/c1-14(2,8-12(19)20)7-11-15-13(16-21-11)10-9-17-3-5-18(10)6-4-17/h10H,3-9H2,1-2H3,(H,19,20). The van der Waals surface area contributed by atoms with Crippen LogP contribution in [0.3, 0.4) is 0 Å². The zero-order valence-corrected chi connectivity index (χ0v) is 12.6. The van der Waals surface area contributed by atoms with Gasteiger partial charge in [-0.05, 0) is 5.41 Å². The molecule has 1 aromatic heterocycles. The summed E-state index contributed by atoms with van der Waals surface area (Å²) in [6.07, 6.45) is 0.580. The van der Waals surface area contributed by atoms with Crippen LogP contribution in [0.5, 0.6) is 0 Å². The highest BCUT2D eigenvalue weighted by Crippen LogP contribution is 2.29. The number of hydrogen-bond acceptors (Lipinski definition) is 6. The fourth-order valence-electron chi connectivity index (χ4n) is 3.22. The number of fused-ring (bicyclic) bond motifs is 3. The van der Waals surface area contributed by atoms with Crippen molar-refractivity contribution >= 4 is 5.97 Å². The molecule has 3 aliphatic heterocycles. The summed E-state index contributed by atoms with van der Waals surface area (Å²) >= 11 is 0. The van der Waals surface area contributed by atoms with E-state index in [1.54, 1.807) is 0 Å². The highest BCUT2D eigenvalue weighted by molar-refractivity contribution is 5.67. The predicted octanol–water partition coefficient (Wildman–Crippen LogP) is 0.785. The normalized spacial score (nSPS) is 28.8. The van der Waals surface area contributed by atoms with E-state index in [0.717, 1.165) is 38.5 Å². The van der Waals surface area contributed by atoms with Crippen LogP contribution in [0.15, 0.2) is 4.52 Å². The smallest absolute Gasteiger partial charge is 0.303 e. The van der Waals surface area contributed by atoms with E-state index >= 15 is 0 Å². The second-order valence-electron chi connectivity index (χ2n) is 6.81. The zero-order chi connectivity index (χ0) is 15.0. The molecule has 0 radical (unpaired) electrons. The van der Waals surface area contributed by atoms with E-state index in [0.29, 0.717) is 12.3 Å². The third-order valence-corrected chi connectivity index (χ3v) is 4.32. The first-order chi connectivity index (χ1) is 9.93. The van der Waals surface area contributed by atoms with Crippen molar-refractivity contribution in [2.24, 2.45) is 5.41 Å². The molecule has 0 amide bonds. The minimum absolute atomic E-state index is 0.0913. The van der Waals surface area contributed by atoms with Gasteiger partial charge in [-0.25, -0.2) is 0 Å². The highest BCUT2D eigenvalue weighted by atomic mass is 16.5. The lowest BCUT2D eigenvalue weighted by molar-refractivity contribution is -0.139. The Morgan fingerprint density at radius 3 is 2.67 bits per heavy atom. The Kier molecular flexibility index (Phi) is 3.71. The zero-order valence-electron chi connectivity index (χ0n) is 12.6. The Balaban J connectivity index is 1.68. The van der Waals surface area contributed by atoms with Crippen molar-refractivity contribution in [3.8, 4) is 0 Å². The van der Waals surface area contributed by atoms with Crippen LogP contribution in [-0.2, 0) is 11.2 Å². The summed E-state index contributed by atoms with van der Waals surface area (Å²) in [5.41, 5.74) is -0.384. The molecule has 4 heterocycles. The SMILES string of the molecule is CC(C)(CC(=O)O)Cc1nc(C2CN3CCN2CC3)no1. The molecule has 2 bridgehead atoms. The monoisotopic (exact) mass is 294 g/mol. The van der Waals surface area contributed by atoms with Crippen LogP contribution in [0, 0.1) is 5.41 Å². The Morgan fingerprint density at radius 1 is 1.38 bits per heavy atom. The number of aromatic nitrogens is 2. The van der Waals surface area contributed by atoms with Gasteiger partial charge in [0, 0.05) is 39.1 Å². The third-order valence-electron chi connectivity index (χ3n) is 4.32. The van der Waals surface area contributed by atoms with E-state index in [1.807, 2.05) is 13.8 Å². The number of hydrogen-bond donors (Lipinski definition) is 1. The molecule has 1 atom stereocenters. The molecule has 1 N–H and O–H groups in total. The quantitative estimate of drug-likeness (QED) is 0.859. The molecule has 1 aromatic rings. The Morgan fingerprint density at radius 2 is 2.10 bits per heavy atom. The minimum Gasteiger partial charge on any atom is -0.481 e. The van der Waals surface area contributed by atoms with Crippen molar-refractivity contribution in [2.45, 2.75) is 32.7 Å². The van der Waals surface area contributed by atoms with Crippen LogP contribution in [0.4, 0.5) is 0 Å². The van der Waals surface area contributed by atoms with Crippen molar-refractivity contribution in [3.05, 3.63) is 11.7 Å². The molecular weight excluding hydrogens is 272 g/mol. The maximum absolute atomic E-state index is 10.9. The number of aliphatic carboxylic acids is 1. The van der Waals surface area contributed by atoms with E-state index < -0.39 is 5.97 Å². The van der Waals surface area contributed by atoms with Gasteiger partial charge in [0.05, 0.1) is 12.5 Å². The first-order valence-corrected chi connectivity index (χ1v) is 7.44. The van der Waals surface area contributed by atoms with Crippen molar-refractivity contribution in [2.75, 3.05) is 32.7 Å². The van der Waals surface area contributed by atoms with Gasteiger partial charge in [0.1, 0.15) is 0 Å². The summed E-state index contributed by atoms with van der Waals surface area (Å²) in [4.78, 5) is 20.2. The summed E-state index contributed by atoms with van der Waals surface area (Å²) in [6.45, 7) is 9.11. The van der Waals surface area contributed by atoms with Crippen LogP contribution < -0.4 is 0 Å². The maximum Gasteiger partial charge on any atom is 0.303 e. The second-order valence-corrected chi connectivity index (χ2v) is 6.81. The molecule has 7 nitrogen and oxygen atoms in total. The number of piperazine rings is 3. The van der Waals surface area contributed by atoms with Crippen LogP contribution in [0.25, 0.3) is 0 Å². The molecule has 3 fully saturated rings. The van der Waals surface area contributed by atoms with E-state index in [-0.39, 0.29) is 17.9 Å². The van der Waals surface area contributed by atoms with Gasteiger partial charge in [-0.3, -0.25) is 14.6 Å². The molecular formula is C14H22N4O3. The number of carboxylic acids is 1. The lowest BCUT2D eigenvalue weighted by atomic mass is 9.86. The van der Waals surface area contributed by atoms with Gasteiger partial charge < -0.3 is 9.63 Å². The molecule has 3 saturated heterocycles. The van der Waals surface area contributed by atoms with E-state index in [1.165, 1.54) is 0 Å². The Hall–Kier alpha value is -1.47. The predicted molar refractivity (Wildman–Crippen MR) is 74.8 cm³/mol. The molecule has 7 heteroatoms. The lowest BCUT2D eigenvalue weighted by Crippen LogP contribution is -2.57. The summed E-state index contributed by atoms with van der Waals surface area (Å²) in [6, 6.07) is 0.215. The molecule has 4 rings (SSSR count). The van der Waals surface area contributed by atoms with Crippen LogP contribution in [0.2, 0.25) is 0 Å². The molecule has 0 spiro atoms. The molecule has 21 heavy (non-hydrogen) atoms. The summed E-state index contributed by atoms with van der Waals surface area (Å²) in [7, 11) is 0. The molecule has 116 valence electrons. The van der Waals surface area contributed by atoms with Crippen molar-refractivity contribution in [1.82, 2.24) is 19.9 Å². The Labute approximate surface area is 123 Å². The van der Waals surface area contributed by atoms with Gasteiger partial charge in [0.2, 0.25) is 5.89 Å². The topological polar surface area (TPSA) is 82.7 Å². The first kappa shape index (κ1) is 14.5. The molecule has 1 unspecified atom stereocenters. The largest absolute Gasteiger partial charge is 0.481 e. The summed E-state index contributed by atoms with van der Waals surface area (Å²) in [5.74, 6) is 0.470. The minimum atomic E-state index is -0.803. The van der Waals surface area contributed by atoms with Crippen molar-refractivity contribution < 1.29 is 14.4 Å². The van der Waals surface area contributed by atoms with Gasteiger partial charge in [-0.15, -0.1) is 0 Å². The van der Waals surface area contributed by atoms with Gasteiger partial charge in [0.15, 0.2) is 5.82 Å². The third kappa shape index (κ3) is 3.24. The molecule has 0 aliphatic carbocycles. The fourth-order valence-corrected chi connectivity index (χ4v) is 3.22. The van der Waals surface area contributed by atoms with Gasteiger partial charge in [-0.2, -0.15) is 4.98 Å². The maximum atomic E-state index is 10.9. The van der Waals surface area contributed by atoms with Crippen LogP contribution in [0.1, 0.15) is 38.0 Å². The summed E-state index contributed by atoms with van der Waals surface area (Å²) < 4.78 is 5.34. The lowest BCUT2D eigenvalue weighted by Gasteiger charge is -2.46. The number of carbonyl (C=O) groups is 1. The molecule has 0 aromatic carbocycles. The van der Waals surface area contributed by atoms with E-state index in [9.17, 15) is 4.79 Å². The average Bonchev–Trinajstić information content (AvgIpc) is 2.86. The van der Waals surface area contributed by atoms with E-state index in [2.05, 4.69) is 19.9 Å². The van der Waals surface area contributed by atoms with Crippen molar-refractivity contribution in [3.63, 3.8) is 0 Å². The van der Waals surface area contributed by atoms with Crippen molar-refractivity contribution in [1.29, 1.82) is 0 Å². The van der Waals surface area contributed by atoms with Gasteiger partial charge in [-0.1, -0.05) is 19.0 Å². The number of rotatable bonds is 5. The highest BCUT2D eigenvalue weighted by Gasteiger charge is 2.36. The number of nitrogens with zero attached hydrogens (tertiary/aromatic N) is 4. The summed E-state index contributed by atoms with van der Waals surface area (Å²) in [5, 5.41) is 13.0. The Bertz CT molecular complexity index is 520. The molecule has 3 aliphatic rings. The van der Waals surface area contributed by atoms with Crippen LogP contribution >= 0.6 is 0 Å². The first-order valence-electron chi connectivity index (χ1n) is 7.44. The second kappa shape index (κ2) is 5.38.